The van der Waals surface area contributed by atoms with Gasteiger partial charge in [0.2, 0.25) is 0 Å². The Morgan fingerprint density at radius 1 is 0.515 bits per heavy atom. The molecule has 6 heteroatoms. The second kappa shape index (κ2) is 12.5. The molecular weight excluding hydrogens is 426 g/mol. The number of carboxylic acids is 2. The molecule has 2 aliphatic carbocycles. The van der Waals surface area contributed by atoms with Gasteiger partial charge in [0, 0.05) is 11.1 Å². The zero-order valence-corrected chi connectivity index (χ0v) is 19.6. The van der Waals surface area contributed by atoms with Crippen molar-refractivity contribution in [1.82, 2.24) is 0 Å². The van der Waals surface area contributed by atoms with E-state index in [1.54, 1.807) is 0 Å². The predicted molar refractivity (Wildman–Crippen MR) is 124 cm³/mol. The Bertz CT molecular complexity index is 816. The predicted octanol–water partition coefficient (Wildman–Crippen LogP) is 8.19. The SMILES string of the molecule is O=C(O)c1c(F)c(C2CCCCCCCC2)c(C(=O)O)c(F)c1C1CCCCCCCCC1. The molecule has 0 heterocycles. The first-order valence-corrected chi connectivity index (χ1v) is 12.9. The van der Waals surface area contributed by atoms with Crippen LogP contribution in [0.3, 0.4) is 0 Å². The number of carbonyl (C=O) groups is 2. The summed E-state index contributed by atoms with van der Waals surface area (Å²) in [5.41, 5.74) is -1.70. The van der Waals surface area contributed by atoms with Crippen LogP contribution < -0.4 is 0 Å². The van der Waals surface area contributed by atoms with Gasteiger partial charge >= 0.3 is 11.9 Å². The quantitative estimate of drug-likeness (QED) is 0.471. The highest BCUT2D eigenvalue weighted by Gasteiger charge is 2.36. The number of hydrogen-bond donors (Lipinski definition) is 2. The molecule has 4 nitrogen and oxygen atoms in total. The van der Waals surface area contributed by atoms with Gasteiger partial charge in [0.25, 0.3) is 0 Å². The summed E-state index contributed by atoms with van der Waals surface area (Å²) in [6.07, 6.45) is 14.8. The molecule has 2 saturated carbocycles. The van der Waals surface area contributed by atoms with E-state index in [1.165, 1.54) is 0 Å². The highest BCUT2D eigenvalue weighted by Crippen LogP contribution is 2.42. The lowest BCUT2D eigenvalue weighted by atomic mass is 9.78. The number of halogens is 2. The average molecular weight is 465 g/mol. The van der Waals surface area contributed by atoms with Crippen molar-refractivity contribution in [3.8, 4) is 0 Å². The maximum Gasteiger partial charge on any atom is 0.339 e. The van der Waals surface area contributed by atoms with Crippen molar-refractivity contribution in [2.75, 3.05) is 0 Å². The smallest absolute Gasteiger partial charge is 0.339 e. The van der Waals surface area contributed by atoms with Crippen molar-refractivity contribution < 1.29 is 28.6 Å². The Balaban J connectivity index is 2.14. The largest absolute Gasteiger partial charge is 0.478 e. The van der Waals surface area contributed by atoms with Gasteiger partial charge in [0.05, 0.1) is 0 Å². The molecule has 2 aliphatic rings. The topological polar surface area (TPSA) is 74.6 Å². The molecule has 0 bridgehead atoms. The monoisotopic (exact) mass is 464 g/mol. The van der Waals surface area contributed by atoms with E-state index in [0.717, 1.165) is 83.5 Å². The Hall–Kier alpha value is -1.98. The van der Waals surface area contributed by atoms with Gasteiger partial charge in [-0.3, -0.25) is 0 Å². The first-order chi connectivity index (χ1) is 15.9. The molecule has 0 aliphatic heterocycles. The highest BCUT2D eigenvalue weighted by atomic mass is 19.1. The third-order valence-corrected chi connectivity index (χ3v) is 7.66. The first-order valence-electron chi connectivity index (χ1n) is 12.9. The standard InChI is InChI=1S/C27H38F2O4/c28-24-20(18-14-10-6-2-1-3-7-11-15-18)22(26(30)31)25(29)21(23(24)27(32)33)19-16-12-8-4-5-9-13-17-19/h18-19H,1-17H2,(H,30,31)(H,32,33). The molecule has 0 aromatic heterocycles. The van der Waals surface area contributed by atoms with Gasteiger partial charge in [0.15, 0.2) is 0 Å². The van der Waals surface area contributed by atoms with Crippen LogP contribution in [-0.2, 0) is 0 Å². The normalized spacial score (nSPS) is 20.4. The van der Waals surface area contributed by atoms with Crippen LogP contribution in [0.5, 0.6) is 0 Å². The molecule has 0 radical (unpaired) electrons. The molecule has 33 heavy (non-hydrogen) atoms. The second-order valence-electron chi connectivity index (χ2n) is 9.96. The third-order valence-electron chi connectivity index (χ3n) is 7.66. The molecule has 0 atom stereocenters. The van der Waals surface area contributed by atoms with Crippen molar-refractivity contribution >= 4 is 11.9 Å². The highest BCUT2D eigenvalue weighted by molar-refractivity contribution is 5.96. The van der Waals surface area contributed by atoms with Crippen molar-refractivity contribution in [3.05, 3.63) is 33.9 Å². The average Bonchev–Trinajstić information content (AvgIpc) is 2.91. The van der Waals surface area contributed by atoms with Crippen molar-refractivity contribution in [3.63, 3.8) is 0 Å². The van der Waals surface area contributed by atoms with Gasteiger partial charge in [-0.05, 0) is 37.5 Å². The Labute approximate surface area is 195 Å². The van der Waals surface area contributed by atoms with Gasteiger partial charge < -0.3 is 10.2 Å². The lowest BCUT2D eigenvalue weighted by Gasteiger charge is -2.26. The number of rotatable bonds is 4. The lowest BCUT2D eigenvalue weighted by Crippen LogP contribution is -2.22. The van der Waals surface area contributed by atoms with Crippen LogP contribution >= 0.6 is 0 Å². The van der Waals surface area contributed by atoms with E-state index in [1.807, 2.05) is 0 Å². The van der Waals surface area contributed by atoms with Gasteiger partial charge in [-0.2, -0.15) is 0 Å². The van der Waals surface area contributed by atoms with Crippen LogP contribution in [-0.4, -0.2) is 22.2 Å². The molecular formula is C27H38F2O4. The minimum atomic E-state index is -1.50. The number of aromatic carboxylic acids is 2. The summed E-state index contributed by atoms with van der Waals surface area (Å²) in [7, 11) is 0. The minimum Gasteiger partial charge on any atom is -0.478 e. The van der Waals surface area contributed by atoms with Crippen LogP contribution in [0.1, 0.15) is 153 Å². The summed E-state index contributed by atoms with van der Waals surface area (Å²) in [4.78, 5) is 24.5. The van der Waals surface area contributed by atoms with Crippen LogP contribution in [0.4, 0.5) is 8.78 Å². The van der Waals surface area contributed by atoms with E-state index < -0.39 is 46.5 Å². The number of hydrogen-bond acceptors (Lipinski definition) is 2. The molecule has 0 amide bonds. The molecule has 3 rings (SSSR count). The summed E-state index contributed by atoms with van der Waals surface area (Å²) < 4.78 is 32.0. The maximum atomic E-state index is 16.0. The Morgan fingerprint density at radius 3 is 1.00 bits per heavy atom. The fraction of sp³-hybridized carbons (Fsp3) is 0.704. The first kappa shape index (κ1) is 25.6. The van der Waals surface area contributed by atoms with Gasteiger partial charge in [0.1, 0.15) is 22.8 Å². The van der Waals surface area contributed by atoms with E-state index in [4.69, 9.17) is 0 Å². The molecule has 0 spiro atoms. The summed E-state index contributed by atoms with van der Waals surface area (Å²) in [5, 5.41) is 19.9. The molecule has 184 valence electrons. The third kappa shape index (κ3) is 6.33. The molecule has 2 N–H and O–H groups in total. The summed E-state index contributed by atoms with van der Waals surface area (Å²) >= 11 is 0. The van der Waals surface area contributed by atoms with E-state index in [9.17, 15) is 19.8 Å². The Kier molecular flexibility index (Phi) is 9.69. The Morgan fingerprint density at radius 2 is 0.758 bits per heavy atom. The number of carboxylic acid groups (broad SMARTS) is 2. The van der Waals surface area contributed by atoms with E-state index in [2.05, 4.69) is 0 Å². The van der Waals surface area contributed by atoms with Gasteiger partial charge in [-0.15, -0.1) is 0 Å². The number of benzene rings is 1. The van der Waals surface area contributed by atoms with Crippen molar-refractivity contribution in [2.24, 2.45) is 0 Å². The van der Waals surface area contributed by atoms with Gasteiger partial charge in [-0.25, -0.2) is 18.4 Å². The minimum absolute atomic E-state index is 0.218. The van der Waals surface area contributed by atoms with Crippen molar-refractivity contribution in [1.29, 1.82) is 0 Å². The van der Waals surface area contributed by atoms with Crippen molar-refractivity contribution in [2.45, 2.75) is 121 Å². The van der Waals surface area contributed by atoms with E-state index >= 15 is 8.78 Å². The molecule has 0 saturated heterocycles. The molecule has 0 unspecified atom stereocenters. The lowest BCUT2D eigenvalue weighted by molar-refractivity contribution is 0.0667. The second-order valence-corrected chi connectivity index (χ2v) is 9.96. The van der Waals surface area contributed by atoms with Crippen LogP contribution in [0, 0.1) is 11.6 Å². The van der Waals surface area contributed by atoms with Crippen LogP contribution in [0.2, 0.25) is 0 Å². The fourth-order valence-corrected chi connectivity index (χ4v) is 5.93. The van der Waals surface area contributed by atoms with Gasteiger partial charge in [-0.1, -0.05) is 83.5 Å². The fourth-order valence-electron chi connectivity index (χ4n) is 5.93. The maximum absolute atomic E-state index is 16.0. The molecule has 1 aromatic carbocycles. The zero-order valence-electron chi connectivity index (χ0n) is 19.6. The van der Waals surface area contributed by atoms with E-state index in [0.29, 0.717) is 25.7 Å². The van der Waals surface area contributed by atoms with E-state index in [-0.39, 0.29) is 11.1 Å². The van der Waals surface area contributed by atoms with Crippen LogP contribution in [0.15, 0.2) is 0 Å². The summed E-state index contributed by atoms with van der Waals surface area (Å²) in [6.45, 7) is 0. The van der Waals surface area contributed by atoms with Crippen LogP contribution in [0.25, 0.3) is 0 Å². The molecule has 1 aromatic rings. The summed E-state index contributed by atoms with van der Waals surface area (Å²) in [5.74, 6) is -5.98. The zero-order chi connectivity index (χ0) is 23.8. The summed E-state index contributed by atoms with van der Waals surface area (Å²) in [6, 6.07) is 0. The molecule has 2 fully saturated rings.